The van der Waals surface area contributed by atoms with Gasteiger partial charge in [-0.2, -0.15) is 10.1 Å². The van der Waals surface area contributed by atoms with E-state index >= 15 is 0 Å². The Morgan fingerprint density at radius 2 is 2.12 bits per heavy atom. The van der Waals surface area contributed by atoms with Gasteiger partial charge in [0.2, 0.25) is 0 Å². The smallest absolute Gasteiger partial charge is 0.325 e. The van der Waals surface area contributed by atoms with Crippen LogP contribution in [0.15, 0.2) is 35.5 Å². The van der Waals surface area contributed by atoms with E-state index < -0.39 is 17.7 Å². The Morgan fingerprint density at radius 3 is 2.81 bits per heavy atom. The monoisotopic (exact) mass is 376 g/mol. The fourth-order valence-electron chi connectivity index (χ4n) is 2.52. The van der Waals surface area contributed by atoms with Crippen molar-refractivity contribution in [1.29, 1.82) is 0 Å². The van der Waals surface area contributed by atoms with Gasteiger partial charge in [-0.15, -0.1) is 0 Å². The van der Waals surface area contributed by atoms with Crippen molar-refractivity contribution < 1.29 is 18.7 Å². The van der Waals surface area contributed by atoms with Gasteiger partial charge in [0.25, 0.3) is 5.91 Å². The largest absolute Gasteiger partial charge is 0.468 e. The summed E-state index contributed by atoms with van der Waals surface area (Å²) in [5.74, 6) is -1.38. The van der Waals surface area contributed by atoms with Crippen LogP contribution in [-0.2, 0) is 16.1 Å². The van der Waals surface area contributed by atoms with Crippen LogP contribution in [0.4, 0.5) is 4.39 Å². The number of hydrogen-bond donors (Lipinski definition) is 0. The number of hydrogen-bond acceptors (Lipinski definition) is 5. The minimum Gasteiger partial charge on any atom is -0.468 e. The van der Waals surface area contributed by atoms with Gasteiger partial charge in [-0.05, 0) is 38.1 Å². The molecule has 0 spiro atoms. The maximum absolute atomic E-state index is 13.5. The number of carbonyl (C=O) groups excluding carboxylic acids is 2. The number of amides is 1. The van der Waals surface area contributed by atoms with Crippen LogP contribution < -0.4 is 4.80 Å². The van der Waals surface area contributed by atoms with E-state index in [-0.39, 0.29) is 17.4 Å². The van der Waals surface area contributed by atoms with Crippen molar-refractivity contribution in [2.75, 3.05) is 7.11 Å². The van der Waals surface area contributed by atoms with Crippen LogP contribution in [0, 0.1) is 5.82 Å². The SMILES string of the molecule is COC(=O)Cn1c(=NC(=O)c2ccnn2C(C)C)sc2cc(F)ccc21. The number of nitrogens with zero attached hydrogens (tertiary/aromatic N) is 4. The first kappa shape index (κ1) is 18.0. The second-order valence-electron chi connectivity index (χ2n) is 5.83. The van der Waals surface area contributed by atoms with E-state index in [2.05, 4.69) is 10.1 Å². The predicted molar refractivity (Wildman–Crippen MR) is 94.3 cm³/mol. The molecule has 1 aromatic carbocycles. The molecule has 0 radical (unpaired) electrons. The molecule has 3 rings (SSSR count). The number of halogens is 1. The number of ether oxygens (including phenoxy) is 1. The molecule has 2 heterocycles. The first-order chi connectivity index (χ1) is 12.4. The van der Waals surface area contributed by atoms with Gasteiger partial charge in [0.05, 0.1) is 17.3 Å². The van der Waals surface area contributed by atoms with E-state index in [0.717, 1.165) is 11.3 Å². The van der Waals surface area contributed by atoms with Gasteiger partial charge in [-0.25, -0.2) is 4.39 Å². The molecule has 0 atom stereocenters. The Hall–Kier alpha value is -2.81. The number of benzene rings is 1. The fourth-order valence-corrected chi connectivity index (χ4v) is 3.57. The summed E-state index contributed by atoms with van der Waals surface area (Å²) in [4.78, 5) is 28.8. The summed E-state index contributed by atoms with van der Waals surface area (Å²) in [7, 11) is 1.28. The molecule has 0 aliphatic rings. The van der Waals surface area contributed by atoms with E-state index in [0.29, 0.717) is 15.9 Å². The molecule has 0 aliphatic carbocycles. The summed E-state index contributed by atoms with van der Waals surface area (Å²) in [6, 6.07) is 5.77. The molecule has 136 valence electrons. The fraction of sp³-hybridized carbons (Fsp3) is 0.294. The standard InChI is InChI=1S/C17H17FN4O3S/c1-10(2)22-13(6-7-19-22)16(24)20-17-21(9-15(23)25-3)12-5-4-11(18)8-14(12)26-17/h4-8,10H,9H2,1-3H3. The molecular formula is C17H17FN4O3S. The van der Waals surface area contributed by atoms with Gasteiger partial charge in [-0.1, -0.05) is 11.3 Å². The quantitative estimate of drug-likeness (QED) is 0.656. The zero-order valence-electron chi connectivity index (χ0n) is 14.5. The van der Waals surface area contributed by atoms with Crippen LogP contribution in [0.25, 0.3) is 10.2 Å². The molecule has 26 heavy (non-hydrogen) atoms. The molecule has 0 N–H and O–H groups in total. The number of aromatic nitrogens is 3. The van der Waals surface area contributed by atoms with Crippen LogP contribution in [0.3, 0.4) is 0 Å². The maximum Gasteiger partial charge on any atom is 0.325 e. The number of thiazole rings is 1. The van der Waals surface area contributed by atoms with Crippen molar-refractivity contribution in [1.82, 2.24) is 14.3 Å². The van der Waals surface area contributed by atoms with Crippen molar-refractivity contribution >= 4 is 33.4 Å². The summed E-state index contributed by atoms with van der Waals surface area (Å²) in [6.45, 7) is 3.69. The molecule has 0 bridgehead atoms. The molecule has 0 saturated heterocycles. The van der Waals surface area contributed by atoms with E-state index in [1.807, 2.05) is 13.8 Å². The highest BCUT2D eigenvalue weighted by Crippen LogP contribution is 2.19. The number of rotatable bonds is 4. The molecule has 1 amide bonds. The summed E-state index contributed by atoms with van der Waals surface area (Å²) in [5.41, 5.74) is 0.943. The minimum absolute atomic E-state index is 0.00199. The average molecular weight is 376 g/mol. The van der Waals surface area contributed by atoms with Crippen LogP contribution >= 0.6 is 11.3 Å². The Labute approximate surface area is 152 Å². The Morgan fingerprint density at radius 1 is 1.35 bits per heavy atom. The van der Waals surface area contributed by atoms with Crippen molar-refractivity contribution in [3.63, 3.8) is 0 Å². The van der Waals surface area contributed by atoms with Gasteiger partial charge >= 0.3 is 5.97 Å². The third kappa shape index (κ3) is 3.43. The first-order valence-corrected chi connectivity index (χ1v) is 8.70. The van der Waals surface area contributed by atoms with Gasteiger partial charge < -0.3 is 9.30 Å². The lowest BCUT2D eigenvalue weighted by Gasteiger charge is -2.08. The lowest BCUT2D eigenvalue weighted by atomic mass is 10.3. The summed E-state index contributed by atoms with van der Waals surface area (Å²) < 4.78 is 21.9. The molecule has 9 heteroatoms. The van der Waals surface area contributed by atoms with E-state index in [1.165, 1.54) is 25.4 Å². The molecule has 2 aromatic heterocycles. The molecule has 0 unspecified atom stereocenters. The number of fused-ring (bicyclic) bond motifs is 1. The van der Waals surface area contributed by atoms with Crippen LogP contribution in [0.5, 0.6) is 0 Å². The van der Waals surface area contributed by atoms with E-state index in [4.69, 9.17) is 4.74 Å². The van der Waals surface area contributed by atoms with Crippen molar-refractivity contribution in [2.24, 2.45) is 4.99 Å². The second-order valence-corrected chi connectivity index (χ2v) is 6.84. The molecule has 7 nitrogen and oxygen atoms in total. The van der Waals surface area contributed by atoms with Gasteiger partial charge in [0.1, 0.15) is 18.1 Å². The normalized spacial score (nSPS) is 12.1. The zero-order valence-corrected chi connectivity index (χ0v) is 15.3. The molecule has 0 fully saturated rings. The Balaban J connectivity index is 2.14. The molecular weight excluding hydrogens is 359 g/mol. The summed E-state index contributed by atoms with van der Waals surface area (Å²) in [5, 5.41) is 4.13. The lowest BCUT2D eigenvalue weighted by molar-refractivity contribution is -0.141. The number of methoxy groups -OCH3 is 1. The highest BCUT2D eigenvalue weighted by molar-refractivity contribution is 7.16. The predicted octanol–water partition coefficient (Wildman–Crippen LogP) is 2.53. The third-order valence-electron chi connectivity index (χ3n) is 3.74. The van der Waals surface area contributed by atoms with Crippen molar-refractivity contribution in [3.8, 4) is 0 Å². The minimum atomic E-state index is -0.491. The Kier molecular flexibility index (Phi) is 4.99. The van der Waals surface area contributed by atoms with Gasteiger partial charge in [-0.3, -0.25) is 14.3 Å². The molecule has 3 aromatic rings. The van der Waals surface area contributed by atoms with Crippen LogP contribution in [-0.4, -0.2) is 33.3 Å². The van der Waals surface area contributed by atoms with Crippen molar-refractivity contribution in [2.45, 2.75) is 26.4 Å². The second kappa shape index (κ2) is 7.20. The van der Waals surface area contributed by atoms with E-state index in [9.17, 15) is 14.0 Å². The van der Waals surface area contributed by atoms with Crippen LogP contribution in [0.1, 0.15) is 30.4 Å². The Bertz CT molecular complexity index is 1050. The highest BCUT2D eigenvalue weighted by Gasteiger charge is 2.16. The molecule has 0 aliphatic heterocycles. The molecule has 0 saturated carbocycles. The topological polar surface area (TPSA) is 78.5 Å². The third-order valence-corrected chi connectivity index (χ3v) is 4.78. The summed E-state index contributed by atoms with van der Waals surface area (Å²) in [6.07, 6.45) is 1.53. The zero-order chi connectivity index (χ0) is 18.8. The lowest BCUT2D eigenvalue weighted by Crippen LogP contribution is -2.23. The van der Waals surface area contributed by atoms with Crippen LogP contribution in [0.2, 0.25) is 0 Å². The average Bonchev–Trinajstić information content (AvgIpc) is 3.20. The van der Waals surface area contributed by atoms with Gasteiger partial charge in [0.15, 0.2) is 4.80 Å². The summed E-state index contributed by atoms with van der Waals surface area (Å²) >= 11 is 1.13. The first-order valence-electron chi connectivity index (χ1n) is 7.89. The van der Waals surface area contributed by atoms with E-state index in [1.54, 1.807) is 21.4 Å². The van der Waals surface area contributed by atoms with Crippen molar-refractivity contribution in [3.05, 3.63) is 46.8 Å². The number of esters is 1. The van der Waals surface area contributed by atoms with Gasteiger partial charge in [0, 0.05) is 12.2 Å². The maximum atomic E-state index is 13.5. The highest BCUT2D eigenvalue weighted by atomic mass is 32.1. The number of carbonyl (C=O) groups is 2.